The molecule has 118 valence electrons. The Balaban J connectivity index is 1.47. The summed E-state index contributed by atoms with van der Waals surface area (Å²) in [5.41, 5.74) is 5.25. The van der Waals surface area contributed by atoms with Crippen LogP contribution in [-0.2, 0) is 12.8 Å². The van der Waals surface area contributed by atoms with E-state index in [2.05, 4.69) is 34.6 Å². The molecule has 23 heavy (non-hydrogen) atoms. The Morgan fingerprint density at radius 2 is 1.91 bits per heavy atom. The number of benzene rings is 2. The first-order chi connectivity index (χ1) is 11.3. The highest BCUT2D eigenvalue weighted by Gasteiger charge is 2.23. The number of halogens is 1. The van der Waals surface area contributed by atoms with Gasteiger partial charge in [-0.3, -0.25) is 0 Å². The number of fused-ring (bicyclic) bond motifs is 3. The zero-order chi connectivity index (χ0) is 15.6. The third-order valence-corrected chi connectivity index (χ3v) is 4.83. The van der Waals surface area contributed by atoms with Crippen LogP contribution in [0.3, 0.4) is 0 Å². The minimum atomic E-state index is -0.170. The Morgan fingerprint density at radius 3 is 2.78 bits per heavy atom. The first-order valence-electron chi connectivity index (χ1n) is 8.38. The summed E-state index contributed by atoms with van der Waals surface area (Å²) in [5, 5.41) is 5.04. The summed E-state index contributed by atoms with van der Waals surface area (Å²) in [4.78, 5) is 3.61. The van der Waals surface area contributed by atoms with E-state index in [1.54, 1.807) is 0 Å². The molecule has 1 heterocycles. The van der Waals surface area contributed by atoms with Gasteiger partial charge in [-0.05, 0) is 61.6 Å². The Morgan fingerprint density at radius 1 is 1.09 bits per heavy atom. The summed E-state index contributed by atoms with van der Waals surface area (Å²) in [6.07, 6.45) is 4.48. The summed E-state index contributed by atoms with van der Waals surface area (Å²) in [5.74, 6) is -0.170. The van der Waals surface area contributed by atoms with Crippen molar-refractivity contribution < 1.29 is 4.39 Å². The fourth-order valence-corrected chi connectivity index (χ4v) is 3.66. The number of hydrogen-bond donors (Lipinski definition) is 2. The lowest BCUT2D eigenvalue weighted by molar-refractivity contribution is 0.456. The molecule has 0 spiro atoms. The number of hydrogen-bond acceptors (Lipinski definition) is 1. The molecule has 0 saturated heterocycles. The van der Waals surface area contributed by atoms with Gasteiger partial charge in [0.2, 0.25) is 0 Å². The molecule has 3 aromatic rings. The van der Waals surface area contributed by atoms with Gasteiger partial charge in [0.25, 0.3) is 0 Å². The van der Waals surface area contributed by atoms with Crippen molar-refractivity contribution in [2.45, 2.75) is 31.7 Å². The SMILES string of the molecule is Fc1ccc(CCNC2CCCc3c2[nH]c2ccccc32)cc1. The molecule has 0 bridgehead atoms. The smallest absolute Gasteiger partial charge is 0.123 e. The van der Waals surface area contributed by atoms with Gasteiger partial charge in [0, 0.05) is 22.6 Å². The van der Waals surface area contributed by atoms with Crippen LogP contribution < -0.4 is 5.32 Å². The van der Waals surface area contributed by atoms with Gasteiger partial charge in [-0.2, -0.15) is 0 Å². The van der Waals surface area contributed by atoms with Gasteiger partial charge in [-0.25, -0.2) is 4.39 Å². The number of aromatic nitrogens is 1. The number of H-pyrrole nitrogens is 1. The summed E-state index contributed by atoms with van der Waals surface area (Å²) in [6, 6.07) is 15.8. The van der Waals surface area contributed by atoms with Crippen molar-refractivity contribution in [3.8, 4) is 0 Å². The number of aromatic amines is 1. The van der Waals surface area contributed by atoms with Gasteiger partial charge >= 0.3 is 0 Å². The van der Waals surface area contributed by atoms with Crippen molar-refractivity contribution >= 4 is 10.9 Å². The monoisotopic (exact) mass is 308 g/mol. The predicted molar refractivity (Wildman–Crippen MR) is 92.1 cm³/mol. The van der Waals surface area contributed by atoms with Crippen molar-refractivity contribution in [2.75, 3.05) is 6.54 Å². The average molecular weight is 308 g/mol. The normalized spacial score (nSPS) is 17.3. The first-order valence-corrected chi connectivity index (χ1v) is 8.38. The van der Waals surface area contributed by atoms with E-state index in [1.807, 2.05) is 12.1 Å². The lowest BCUT2D eigenvalue weighted by Crippen LogP contribution is -2.27. The van der Waals surface area contributed by atoms with Crippen LogP contribution in [0.1, 0.15) is 35.7 Å². The Bertz CT molecular complexity index is 804. The molecule has 0 radical (unpaired) electrons. The van der Waals surface area contributed by atoms with Crippen LogP contribution in [0.4, 0.5) is 4.39 Å². The minimum Gasteiger partial charge on any atom is -0.357 e. The van der Waals surface area contributed by atoms with Crippen molar-refractivity contribution in [3.63, 3.8) is 0 Å². The zero-order valence-corrected chi connectivity index (χ0v) is 13.1. The van der Waals surface area contributed by atoms with E-state index < -0.39 is 0 Å². The van der Waals surface area contributed by atoms with Crippen molar-refractivity contribution in [1.82, 2.24) is 10.3 Å². The fraction of sp³-hybridized carbons (Fsp3) is 0.300. The molecule has 0 amide bonds. The fourth-order valence-electron chi connectivity index (χ4n) is 3.66. The lowest BCUT2D eigenvalue weighted by Gasteiger charge is -2.24. The highest BCUT2D eigenvalue weighted by molar-refractivity contribution is 5.85. The van der Waals surface area contributed by atoms with Crippen LogP contribution in [0.25, 0.3) is 10.9 Å². The molecule has 0 aliphatic heterocycles. The van der Waals surface area contributed by atoms with Crippen molar-refractivity contribution in [1.29, 1.82) is 0 Å². The van der Waals surface area contributed by atoms with Crippen LogP contribution >= 0.6 is 0 Å². The molecule has 2 N–H and O–H groups in total. The predicted octanol–water partition coefficient (Wildman–Crippen LogP) is 4.52. The lowest BCUT2D eigenvalue weighted by atomic mass is 9.91. The van der Waals surface area contributed by atoms with Crippen LogP contribution in [-0.4, -0.2) is 11.5 Å². The molecule has 2 nitrogen and oxygen atoms in total. The molecule has 1 aliphatic rings. The van der Waals surface area contributed by atoms with E-state index in [1.165, 1.54) is 52.7 Å². The second-order valence-electron chi connectivity index (χ2n) is 6.34. The van der Waals surface area contributed by atoms with E-state index in [0.717, 1.165) is 19.4 Å². The quantitative estimate of drug-likeness (QED) is 0.729. The third-order valence-electron chi connectivity index (χ3n) is 4.83. The van der Waals surface area contributed by atoms with Crippen molar-refractivity contribution in [3.05, 3.63) is 71.2 Å². The maximum Gasteiger partial charge on any atom is 0.123 e. The maximum atomic E-state index is 12.9. The van der Waals surface area contributed by atoms with Crippen LogP contribution in [0.15, 0.2) is 48.5 Å². The average Bonchev–Trinajstić information content (AvgIpc) is 2.96. The molecular formula is C20H21FN2. The standard InChI is InChI=1S/C20H21FN2/c21-15-10-8-14(9-11-15)12-13-22-19-7-3-5-17-16-4-1-2-6-18(16)23-20(17)19/h1-2,4,6,8-11,19,22-23H,3,5,7,12-13H2. The van der Waals surface area contributed by atoms with Gasteiger partial charge in [-0.15, -0.1) is 0 Å². The summed E-state index contributed by atoms with van der Waals surface area (Å²) < 4.78 is 12.9. The minimum absolute atomic E-state index is 0.170. The largest absolute Gasteiger partial charge is 0.357 e. The molecule has 1 aliphatic carbocycles. The van der Waals surface area contributed by atoms with Crippen LogP contribution in [0.5, 0.6) is 0 Å². The van der Waals surface area contributed by atoms with E-state index in [0.29, 0.717) is 6.04 Å². The summed E-state index contributed by atoms with van der Waals surface area (Å²) in [7, 11) is 0. The maximum absolute atomic E-state index is 12.9. The van der Waals surface area contributed by atoms with Crippen LogP contribution in [0, 0.1) is 5.82 Å². The van der Waals surface area contributed by atoms with Gasteiger partial charge in [0.05, 0.1) is 0 Å². The van der Waals surface area contributed by atoms with E-state index in [9.17, 15) is 4.39 Å². The molecule has 2 aromatic carbocycles. The Labute approximate surface area is 135 Å². The number of para-hydroxylation sites is 1. The third kappa shape index (κ3) is 2.89. The highest BCUT2D eigenvalue weighted by Crippen LogP contribution is 2.34. The first kappa shape index (κ1) is 14.5. The molecule has 0 fully saturated rings. The molecule has 4 rings (SSSR count). The topological polar surface area (TPSA) is 27.8 Å². The number of nitrogens with one attached hydrogen (secondary N) is 2. The van der Waals surface area contributed by atoms with Gasteiger partial charge in [-0.1, -0.05) is 30.3 Å². The van der Waals surface area contributed by atoms with Gasteiger partial charge in [0.15, 0.2) is 0 Å². The van der Waals surface area contributed by atoms with E-state index >= 15 is 0 Å². The second-order valence-corrected chi connectivity index (χ2v) is 6.34. The molecule has 3 heteroatoms. The van der Waals surface area contributed by atoms with Gasteiger partial charge in [0.1, 0.15) is 5.82 Å². The molecule has 1 unspecified atom stereocenters. The van der Waals surface area contributed by atoms with Crippen molar-refractivity contribution in [2.24, 2.45) is 0 Å². The highest BCUT2D eigenvalue weighted by atomic mass is 19.1. The second kappa shape index (κ2) is 6.17. The number of rotatable bonds is 4. The van der Waals surface area contributed by atoms with Gasteiger partial charge < -0.3 is 10.3 Å². The molecular weight excluding hydrogens is 287 g/mol. The van der Waals surface area contributed by atoms with E-state index in [4.69, 9.17) is 0 Å². The zero-order valence-electron chi connectivity index (χ0n) is 13.1. The van der Waals surface area contributed by atoms with E-state index in [-0.39, 0.29) is 5.82 Å². The Kier molecular flexibility index (Phi) is 3.88. The Hall–Kier alpha value is -2.13. The summed E-state index contributed by atoms with van der Waals surface area (Å²) >= 11 is 0. The number of aryl methyl sites for hydroxylation is 1. The molecule has 1 atom stereocenters. The molecule has 0 saturated carbocycles. The van der Waals surface area contributed by atoms with Crippen LogP contribution in [0.2, 0.25) is 0 Å². The molecule has 1 aromatic heterocycles. The summed E-state index contributed by atoms with van der Waals surface area (Å²) in [6.45, 7) is 0.908.